The van der Waals surface area contributed by atoms with E-state index in [4.69, 9.17) is 8.37 Å². The van der Waals surface area contributed by atoms with Gasteiger partial charge in [-0.05, 0) is 50.0 Å². The predicted molar refractivity (Wildman–Crippen MR) is 104 cm³/mol. The summed E-state index contributed by atoms with van der Waals surface area (Å²) >= 11 is 16.5. The zero-order valence-corrected chi connectivity index (χ0v) is 22.5. The molecule has 0 aromatic heterocycles. The molecule has 0 heterocycles. The van der Waals surface area contributed by atoms with E-state index in [1.807, 2.05) is 0 Å². The van der Waals surface area contributed by atoms with Crippen LogP contribution in [0.15, 0.2) is 0 Å². The Labute approximate surface area is 210 Å². The first-order chi connectivity index (χ1) is 9.91. The standard InChI is InChI=1S/C12H26O4S5.2Na.2H/c13-21(14,15-11(19)7-3-1-5-9-17)16-12(20)8-4-2-6-10-18;;;;/h11-12,17-20H,1-10H2;;;;/q;2*+1;2*-1. The molecule has 0 radical (unpaired) electrons. The first-order valence-electron chi connectivity index (χ1n) is 7.10. The van der Waals surface area contributed by atoms with Crippen LogP contribution in [0.3, 0.4) is 0 Å². The van der Waals surface area contributed by atoms with Crippen LogP contribution in [0.1, 0.15) is 54.2 Å². The van der Waals surface area contributed by atoms with Crippen molar-refractivity contribution in [1.29, 1.82) is 0 Å². The van der Waals surface area contributed by atoms with Crippen LogP contribution in [0, 0.1) is 0 Å². The molecule has 0 fully saturated rings. The summed E-state index contributed by atoms with van der Waals surface area (Å²) in [6, 6.07) is 0. The van der Waals surface area contributed by atoms with E-state index in [0.29, 0.717) is 12.8 Å². The average molecular weight is 443 g/mol. The number of unbranched alkanes of at least 4 members (excludes halogenated alkanes) is 4. The van der Waals surface area contributed by atoms with Crippen LogP contribution >= 0.6 is 50.5 Å². The Balaban J connectivity index is -0.000000333. The maximum Gasteiger partial charge on any atom is 1.00 e. The van der Waals surface area contributed by atoms with E-state index in [-0.39, 0.29) is 62.0 Å². The molecule has 0 spiro atoms. The fourth-order valence-electron chi connectivity index (χ4n) is 1.61. The van der Waals surface area contributed by atoms with Gasteiger partial charge in [-0.3, -0.25) is 0 Å². The van der Waals surface area contributed by atoms with Gasteiger partial charge in [0.1, 0.15) is 10.9 Å². The van der Waals surface area contributed by atoms with Gasteiger partial charge in [0.05, 0.1) is 0 Å². The molecule has 11 heteroatoms. The summed E-state index contributed by atoms with van der Waals surface area (Å²) in [5, 5.41) is 0. The molecule has 23 heavy (non-hydrogen) atoms. The predicted octanol–water partition coefficient (Wildman–Crippen LogP) is -2.01. The molecule has 0 saturated heterocycles. The molecule has 2 unspecified atom stereocenters. The molecule has 0 aromatic rings. The zero-order chi connectivity index (χ0) is 16.1. The van der Waals surface area contributed by atoms with Crippen LogP contribution in [0.2, 0.25) is 0 Å². The monoisotopic (exact) mass is 442 g/mol. The Morgan fingerprint density at radius 3 is 1.39 bits per heavy atom. The second-order valence-corrected chi connectivity index (χ2v) is 7.90. The van der Waals surface area contributed by atoms with Gasteiger partial charge in [-0.1, -0.05) is 12.8 Å². The van der Waals surface area contributed by atoms with Crippen LogP contribution in [-0.4, -0.2) is 30.8 Å². The van der Waals surface area contributed by atoms with Gasteiger partial charge >= 0.3 is 69.5 Å². The van der Waals surface area contributed by atoms with E-state index in [9.17, 15) is 8.42 Å². The Hall–Kier alpha value is 3.27. The quantitative estimate of drug-likeness (QED) is 0.109. The molecule has 4 nitrogen and oxygen atoms in total. The van der Waals surface area contributed by atoms with E-state index < -0.39 is 21.3 Å². The second-order valence-electron chi connectivity index (χ2n) is 4.66. The van der Waals surface area contributed by atoms with E-state index in [1.54, 1.807) is 0 Å². The van der Waals surface area contributed by atoms with Crippen LogP contribution < -0.4 is 59.1 Å². The summed E-state index contributed by atoms with van der Waals surface area (Å²) in [6.45, 7) is 0. The number of rotatable bonds is 14. The largest absolute Gasteiger partial charge is 1.00 e. The summed E-state index contributed by atoms with van der Waals surface area (Å²) in [6.07, 6.45) is 6.75. The molecule has 2 atom stereocenters. The summed E-state index contributed by atoms with van der Waals surface area (Å²) < 4.78 is 33.0. The normalized spacial score (nSPS) is 13.7. The van der Waals surface area contributed by atoms with Crippen molar-refractivity contribution in [3.05, 3.63) is 0 Å². The fraction of sp³-hybridized carbons (Fsp3) is 1.00. The summed E-state index contributed by atoms with van der Waals surface area (Å²) in [5.41, 5.74) is -1.36. The first-order valence-corrected chi connectivity index (χ1v) is 10.7. The molecule has 0 aromatic carbocycles. The maximum absolute atomic E-state index is 11.7. The third-order valence-corrected chi connectivity index (χ3v) is 5.26. The molecule has 0 amide bonds. The van der Waals surface area contributed by atoms with E-state index in [1.165, 1.54) is 0 Å². The number of hydrogen-bond donors (Lipinski definition) is 4. The van der Waals surface area contributed by atoms with Gasteiger partial charge < -0.3 is 2.85 Å². The van der Waals surface area contributed by atoms with Crippen molar-refractivity contribution >= 4 is 60.9 Å². The number of hydrogen-bond acceptors (Lipinski definition) is 8. The Morgan fingerprint density at radius 2 is 1.09 bits per heavy atom. The molecular formula is C12H28Na2O4S5. The molecule has 0 aliphatic rings. The van der Waals surface area contributed by atoms with E-state index in [2.05, 4.69) is 50.5 Å². The molecule has 132 valence electrons. The van der Waals surface area contributed by atoms with Crippen LogP contribution in [0.25, 0.3) is 0 Å². The third-order valence-electron chi connectivity index (χ3n) is 2.68. The van der Waals surface area contributed by atoms with Crippen molar-refractivity contribution in [3.8, 4) is 0 Å². The average Bonchev–Trinajstić information content (AvgIpc) is 2.38. The summed E-state index contributed by atoms with van der Waals surface area (Å²) in [5.74, 6) is 1.65. The molecule has 0 rings (SSSR count). The van der Waals surface area contributed by atoms with Gasteiger partial charge in [0.15, 0.2) is 0 Å². The molecule has 0 saturated carbocycles. The minimum Gasteiger partial charge on any atom is -1.00 e. The Kier molecular flexibility index (Phi) is 27.0. The van der Waals surface area contributed by atoms with Crippen LogP contribution in [0.4, 0.5) is 0 Å². The van der Waals surface area contributed by atoms with Gasteiger partial charge in [0.25, 0.3) is 0 Å². The SMILES string of the molecule is O=S(=O)(OC(S)CCCCCS)OC(S)CCCCCS.[H-].[H-].[Na+].[Na+]. The third kappa shape index (κ3) is 21.4. The molecule has 0 bridgehead atoms. The smallest absolute Gasteiger partial charge is 1.00 e. The maximum atomic E-state index is 11.7. The molecule has 0 aliphatic carbocycles. The van der Waals surface area contributed by atoms with Crippen molar-refractivity contribution in [2.75, 3.05) is 11.5 Å². The fourth-order valence-corrected chi connectivity index (χ4v) is 3.83. The zero-order valence-electron chi connectivity index (χ0n) is 16.1. The molecular weight excluding hydrogens is 414 g/mol. The van der Waals surface area contributed by atoms with Gasteiger partial charge in [-0.2, -0.15) is 33.7 Å². The van der Waals surface area contributed by atoms with Crippen molar-refractivity contribution in [2.45, 2.75) is 62.2 Å². The van der Waals surface area contributed by atoms with E-state index >= 15 is 0 Å². The van der Waals surface area contributed by atoms with E-state index in [0.717, 1.165) is 50.0 Å². The molecule has 0 aliphatic heterocycles. The minimum absolute atomic E-state index is 0. The summed E-state index contributed by atoms with van der Waals surface area (Å²) in [7, 11) is -4.05. The second kappa shape index (κ2) is 20.0. The molecule has 0 N–H and O–H groups in total. The Bertz CT molecular complexity index is 330. The van der Waals surface area contributed by atoms with Crippen molar-refractivity contribution < 1.29 is 78.8 Å². The van der Waals surface area contributed by atoms with Gasteiger partial charge in [-0.15, -0.1) is 25.3 Å². The first kappa shape index (κ1) is 31.0. The van der Waals surface area contributed by atoms with Gasteiger partial charge in [0.2, 0.25) is 0 Å². The Morgan fingerprint density at radius 1 is 0.739 bits per heavy atom. The van der Waals surface area contributed by atoms with Gasteiger partial charge in [-0.25, -0.2) is 8.37 Å². The number of thiol groups is 4. The van der Waals surface area contributed by atoms with Gasteiger partial charge in [0, 0.05) is 0 Å². The summed E-state index contributed by atoms with van der Waals surface area (Å²) in [4.78, 5) is 0. The van der Waals surface area contributed by atoms with Crippen LogP contribution in [-0.2, 0) is 18.8 Å². The topological polar surface area (TPSA) is 52.6 Å². The van der Waals surface area contributed by atoms with Crippen molar-refractivity contribution in [3.63, 3.8) is 0 Å². The van der Waals surface area contributed by atoms with Crippen LogP contribution in [0.5, 0.6) is 0 Å². The van der Waals surface area contributed by atoms with Crippen molar-refractivity contribution in [1.82, 2.24) is 0 Å². The minimum atomic E-state index is -4.05. The van der Waals surface area contributed by atoms with Crippen molar-refractivity contribution in [2.24, 2.45) is 0 Å².